The summed E-state index contributed by atoms with van der Waals surface area (Å²) >= 11 is 0. The second kappa shape index (κ2) is 26.6. The number of halogens is 2. The van der Waals surface area contributed by atoms with E-state index in [1.165, 1.54) is 4.90 Å². The fourth-order valence-corrected chi connectivity index (χ4v) is 7.63. The predicted molar refractivity (Wildman–Crippen MR) is 242 cm³/mol. The standard InChI is InChI=1S/C44H65N9O7.2ClH/c1-27(2)24-33-40(56)51-35(26-30-16-9-6-10-17-30)44(60)53-23-13-20-36(53)42(58)47-32(19-12-22-46)39(55)52-37(28(3)4)43(59)48-31(18-11-21-45)38(54)50-34(41(57)49-33)25-29-14-7-5-8-15-29;;/h5-10,14-17,27-28,31-37H,11-13,18-26,45-46H2,1-4H3,(H,47,58)(H,48,59)(H,49,57)(H,50,54)(H,51,56)(H,52,55);2*1H/t31-,32+,33+,34+,35-,36-,37-;;/m0../s1. The topological polar surface area (TPSA) is 247 Å². The van der Waals surface area contributed by atoms with Crippen LogP contribution in [-0.2, 0) is 46.4 Å². The van der Waals surface area contributed by atoms with Crippen molar-refractivity contribution < 1.29 is 33.6 Å². The first kappa shape index (κ1) is 53.4. The van der Waals surface area contributed by atoms with Crippen LogP contribution in [0.25, 0.3) is 0 Å². The zero-order valence-corrected chi connectivity index (χ0v) is 37.9. The molecule has 62 heavy (non-hydrogen) atoms. The van der Waals surface area contributed by atoms with Gasteiger partial charge >= 0.3 is 0 Å². The number of nitrogens with one attached hydrogen (secondary N) is 6. The summed E-state index contributed by atoms with van der Waals surface area (Å²) in [5.74, 6) is -4.70. The van der Waals surface area contributed by atoms with Crippen molar-refractivity contribution in [3.05, 3.63) is 71.8 Å². The molecular weight excluding hydrogens is 837 g/mol. The van der Waals surface area contributed by atoms with E-state index in [4.69, 9.17) is 11.5 Å². The van der Waals surface area contributed by atoms with Crippen molar-refractivity contribution >= 4 is 66.2 Å². The Labute approximate surface area is 377 Å². The van der Waals surface area contributed by atoms with E-state index >= 15 is 0 Å². The Morgan fingerprint density at radius 1 is 0.565 bits per heavy atom. The SMILES string of the molecule is CC(C)C[C@H]1NC(=O)[C@@H](Cc2ccccc2)NC(=O)[C@H](CCCN)NC(=O)[C@H](C(C)C)NC(=O)[C@@H](CCCN)NC(=O)[C@@H]2CCCN2C(=O)[C@H](Cc2ccccc2)NC1=O.Cl.Cl. The third-order valence-electron chi connectivity index (χ3n) is 10.9. The molecule has 10 N–H and O–H groups in total. The van der Waals surface area contributed by atoms with Gasteiger partial charge in [-0.05, 0) is 81.0 Å². The van der Waals surface area contributed by atoms with Crippen LogP contribution in [0.3, 0.4) is 0 Å². The molecule has 4 rings (SSSR count). The minimum atomic E-state index is -1.18. The van der Waals surface area contributed by atoms with Crippen LogP contribution in [0.2, 0.25) is 0 Å². The van der Waals surface area contributed by atoms with Gasteiger partial charge in [-0.1, -0.05) is 88.4 Å². The van der Waals surface area contributed by atoms with Gasteiger partial charge in [-0.3, -0.25) is 33.6 Å². The summed E-state index contributed by atoms with van der Waals surface area (Å²) < 4.78 is 0. The van der Waals surface area contributed by atoms with Gasteiger partial charge in [0.15, 0.2) is 0 Å². The first-order valence-electron chi connectivity index (χ1n) is 21.3. The van der Waals surface area contributed by atoms with Crippen molar-refractivity contribution in [1.29, 1.82) is 0 Å². The minimum absolute atomic E-state index is 0. The molecule has 0 bridgehead atoms. The van der Waals surface area contributed by atoms with Crippen LogP contribution in [0.1, 0.15) is 83.8 Å². The Hall–Kier alpha value is -4.77. The molecule has 18 heteroatoms. The summed E-state index contributed by atoms with van der Waals surface area (Å²) in [6, 6.07) is 10.5. The van der Waals surface area contributed by atoms with Crippen LogP contribution in [-0.4, -0.2) is 108 Å². The van der Waals surface area contributed by atoms with Gasteiger partial charge in [0, 0.05) is 19.4 Å². The summed E-state index contributed by atoms with van der Waals surface area (Å²) in [5.41, 5.74) is 13.2. The molecule has 2 aromatic rings. The molecule has 0 unspecified atom stereocenters. The zero-order valence-electron chi connectivity index (χ0n) is 36.2. The number of rotatable bonds is 13. The molecule has 2 aliphatic heterocycles. The molecule has 0 saturated carbocycles. The van der Waals surface area contributed by atoms with Crippen molar-refractivity contribution in [1.82, 2.24) is 36.8 Å². The van der Waals surface area contributed by atoms with Gasteiger partial charge in [-0.15, -0.1) is 24.8 Å². The van der Waals surface area contributed by atoms with Crippen molar-refractivity contribution in [2.75, 3.05) is 19.6 Å². The highest BCUT2D eigenvalue weighted by Crippen LogP contribution is 2.21. The molecule has 7 atom stereocenters. The van der Waals surface area contributed by atoms with E-state index < -0.39 is 89.6 Å². The number of hydrogen-bond donors (Lipinski definition) is 8. The third kappa shape index (κ3) is 15.9. The van der Waals surface area contributed by atoms with Crippen LogP contribution in [0.4, 0.5) is 0 Å². The Balaban J connectivity index is 0.00000661. The van der Waals surface area contributed by atoms with Crippen LogP contribution in [0.5, 0.6) is 0 Å². The lowest BCUT2D eigenvalue weighted by atomic mass is 9.99. The fraction of sp³-hybridized carbons (Fsp3) is 0.568. The quantitative estimate of drug-likeness (QED) is 0.145. The molecule has 0 radical (unpaired) electrons. The fourth-order valence-electron chi connectivity index (χ4n) is 7.63. The van der Waals surface area contributed by atoms with Crippen molar-refractivity contribution in [2.24, 2.45) is 23.3 Å². The van der Waals surface area contributed by atoms with Gasteiger partial charge < -0.3 is 48.3 Å². The molecule has 344 valence electrons. The van der Waals surface area contributed by atoms with Gasteiger partial charge in [0.2, 0.25) is 41.4 Å². The Bertz CT molecular complexity index is 1770. The van der Waals surface area contributed by atoms with Crippen molar-refractivity contribution in [2.45, 2.75) is 128 Å². The third-order valence-corrected chi connectivity index (χ3v) is 10.9. The monoisotopic (exact) mass is 903 g/mol. The summed E-state index contributed by atoms with van der Waals surface area (Å²) in [5, 5.41) is 17.0. The maximum absolute atomic E-state index is 14.5. The molecule has 0 aliphatic carbocycles. The average Bonchev–Trinajstić information content (AvgIpc) is 3.72. The number of amides is 7. The maximum Gasteiger partial charge on any atom is 0.246 e. The van der Waals surface area contributed by atoms with E-state index in [0.29, 0.717) is 25.7 Å². The van der Waals surface area contributed by atoms with Gasteiger partial charge in [-0.25, -0.2) is 0 Å². The molecule has 7 amide bonds. The van der Waals surface area contributed by atoms with Crippen LogP contribution < -0.4 is 43.4 Å². The number of fused-ring (bicyclic) bond motifs is 1. The van der Waals surface area contributed by atoms with Crippen LogP contribution in [0.15, 0.2) is 60.7 Å². The largest absolute Gasteiger partial charge is 0.343 e. The van der Waals surface area contributed by atoms with E-state index in [1.807, 2.05) is 62.4 Å². The molecule has 0 aromatic heterocycles. The molecule has 2 aliphatic rings. The molecule has 16 nitrogen and oxygen atoms in total. The lowest BCUT2D eigenvalue weighted by molar-refractivity contribution is -0.142. The highest BCUT2D eigenvalue weighted by Gasteiger charge is 2.41. The maximum atomic E-state index is 14.5. The van der Waals surface area contributed by atoms with Crippen LogP contribution in [0, 0.1) is 11.8 Å². The molecular formula is C44H67Cl2N9O7. The normalized spacial score (nSPS) is 24.5. The average molecular weight is 905 g/mol. The Kier molecular flexibility index (Phi) is 22.9. The lowest BCUT2D eigenvalue weighted by Crippen LogP contribution is -2.60. The van der Waals surface area contributed by atoms with Gasteiger partial charge in [-0.2, -0.15) is 0 Å². The molecule has 2 fully saturated rings. The first-order chi connectivity index (χ1) is 28.7. The summed E-state index contributed by atoms with van der Waals surface area (Å²) in [4.78, 5) is 101. The van der Waals surface area contributed by atoms with E-state index in [1.54, 1.807) is 26.0 Å². The second-order valence-corrected chi connectivity index (χ2v) is 16.6. The number of hydrogen-bond acceptors (Lipinski definition) is 9. The smallest absolute Gasteiger partial charge is 0.246 e. The first-order valence-corrected chi connectivity index (χ1v) is 21.3. The van der Waals surface area contributed by atoms with Crippen molar-refractivity contribution in [3.63, 3.8) is 0 Å². The van der Waals surface area contributed by atoms with Crippen molar-refractivity contribution in [3.8, 4) is 0 Å². The number of carbonyl (C=O) groups excluding carboxylic acids is 7. The lowest BCUT2D eigenvalue weighted by Gasteiger charge is -2.31. The highest BCUT2D eigenvalue weighted by molar-refractivity contribution is 5.99. The van der Waals surface area contributed by atoms with E-state index in [9.17, 15) is 33.6 Å². The Morgan fingerprint density at radius 2 is 1.00 bits per heavy atom. The zero-order chi connectivity index (χ0) is 43.8. The minimum Gasteiger partial charge on any atom is -0.343 e. The second-order valence-electron chi connectivity index (χ2n) is 16.6. The summed E-state index contributed by atoms with van der Waals surface area (Å²) in [6.45, 7) is 7.98. The molecule has 2 saturated heterocycles. The summed E-state index contributed by atoms with van der Waals surface area (Å²) in [6.07, 6.45) is 2.25. The van der Waals surface area contributed by atoms with Crippen LogP contribution >= 0.6 is 24.8 Å². The van der Waals surface area contributed by atoms with E-state index in [-0.39, 0.29) is 82.5 Å². The van der Waals surface area contributed by atoms with Gasteiger partial charge in [0.25, 0.3) is 0 Å². The van der Waals surface area contributed by atoms with E-state index in [2.05, 4.69) is 31.9 Å². The van der Waals surface area contributed by atoms with Gasteiger partial charge in [0.05, 0.1) is 0 Å². The number of nitrogens with two attached hydrogens (primary N) is 2. The Morgan fingerprint density at radius 3 is 1.52 bits per heavy atom. The number of benzene rings is 2. The molecule has 2 aromatic carbocycles. The molecule has 0 spiro atoms. The molecule has 2 heterocycles. The highest BCUT2D eigenvalue weighted by atomic mass is 35.5. The van der Waals surface area contributed by atoms with E-state index in [0.717, 1.165) is 11.1 Å². The predicted octanol–water partition coefficient (Wildman–Crippen LogP) is 1.41. The van der Waals surface area contributed by atoms with Gasteiger partial charge in [0.1, 0.15) is 42.3 Å². The number of nitrogens with zero attached hydrogens (tertiary/aromatic N) is 1. The number of carbonyl (C=O) groups is 7. The summed E-state index contributed by atoms with van der Waals surface area (Å²) in [7, 11) is 0.